The first-order chi connectivity index (χ1) is 35.8. The third kappa shape index (κ3) is 16.5. The largest absolute Gasteiger partial charge is 0.519 e. The summed E-state index contributed by atoms with van der Waals surface area (Å²) in [6.45, 7) is 19.2. The standard InChI is InChI=1S/C28H29N3O3.C23H21N3O.C10H18O5/c1-19-29-24-16-15-22(30-27(33)34-28(2,3)4)18-23(24)26(32)31(19)25(21-13-9-6-10-14-21)17-20-11-7-5-8-12-20;1-16-25-21-13-12-19(24)15-20(21)23(27)26(16)22(18-10-6-3-7-11-18)14-17-8-4-2-5-9-17;1-9(2,3)14-7(11)13-8(12)15-10(4,5)6/h5-16,18,25H,17H2,1-4H3,(H,30,33);2-13,15,22H,14,24H2,1H3;1-6H3. The average molecular weight is 1030 g/mol. The molecule has 15 nitrogen and oxygen atoms in total. The van der Waals surface area contributed by atoms with Gasteiger partial charge in [-0.25, -0.2) is 24.4 Å². The van der Waals surface area contributed by atoms with Crippen molar-refractivity contribution >= 4 is 51.6 Å². The average Bonchev–Trinajstić information content (AvgIpc) is 3.34. The molecule has 2 atom stereocenters. The van der Waals surface area contributed by atoms with Gasteiger partial charge in [-0.15, -0.1) is 0 Å². The Morgan fingerprint density at radius 3 is 1.28 bits per heavy atom. The summed E-state index contributed by atoms with van der Waals surface area (Å²) in [5.74, 6) is 1.33. The van der Waals surface area contributed by atoms with Crippen LogP contribution in [0.3, 0.4) is 0 Å². The number of ether oxygens (including phenoxy) is 4. The third-order valence-electron chi connectivity index (χ3n) is 11.3. The number of hydrogen-bond acceptors (Lipinski definition) is 12. The number of nitrogens with one attached hydrogen (secondary N) is 1. The van der Waals surface area contributed by atoms with Crippen molar-refractivity contribution in [2.45, 2.75) is 118 Å². The zero-order valence-corrected chi connectivity index (χ0v) is 45.1. The Morgan fingerprint density at radius 2 is 0.882 bits per heavy atom. The molecule has 0 spiro atoms. The molecule has 2 aromatic heterocycles. The van der Waals surface area contributed by atoms with E-state index < -0.39 is 35.2 Å². The van der Waals surface area contributed by atoms with Gasteiger partial charge in [0, 0.05) is 11.4 Å². The molecule has 3 N–H and O–H groups in total. The fraction of sp³-hybridized carbons (Fsp3) is 0.295. The van der Waals surface area contributed by atoms with Crippen LogP contribution in [0.15, 0.2) is 167 Å². The van der Waals surface area contributed by atoms with E-state index in [1.54, 1.807) is 108 Å². The molecular formula is C61H68N6O9. The van der Waals surface area contributed by atoms with E-state index in [0.717, 1.165) is 16.7 Å². The maximum Gasteiger partial charge on any atom is 0.519 e. The number of rotatable bonds is 9. The number of hydrogen-bond donors (Lipinski definition) is 2. The molecule has 396 valence electrons. The maximum atomic E-state index is 13.8. The van der Waals surface area contributed by atoms with E-state index in [4.69, 9.17) is 24.9 Å². The molecule has 0 aliphatic rings. The fourth-order valence-electron chi connectivity index (χ4n) is 8.22. The Morgan fingerprint density at radius 1 is 0.513 bits per heavy atom. The van der Waals surface area contributed by atoms with Crippen LogP contribution in [0.5, 0.6) is 0 Å². The summed E-state index contributed by atoms with van der Waals surface area (Å²) in [6.07, 6.45) is -1.33. The lowest BCUT2D eigenvalue weighted by Gasteiger charge is -2.23. The van der Waals surface area contributed by atoms with Crippen LogP contribution in [-0.4, -0.2) is 54.3 Å². The van der Waals surface area contributed by atoms with E-state index in [9.17, 15) is 24.0 Å². The first-order valence-electron chi connectivity index (χ1n) is 25.0. The van der Waals surface area contributed by atoms with Gasteiger partial charge in [-0.05, 0) is 148 Å². The molecule has 6 aromatic carbocycles. The Hall–Kier alpha value is -8.59. The first kappa shape index (κ1) is 56.7. The second-order valence-corrected chi connectivity index (χ2v) is 21.1. The Kier molecular flexibility index (Phi) is 18.4. The second kappa shape index (κ2) is 24.6. The molecule has 1 amide bonds. The van der Waals surface area contributed by atoms with Crippen molar-refractivity contribution in [3.63, 3.8) is 0 Å². The van der Waals surface area contributed by atoms with Crippen molar-refractivity contribution in [3.05, 3.63) is 212 Å². The zero-order valence-electron chi connectivity index (χ0n) is 45.1. The molecule has 2 heterocycles. The van der Waals surface area contributed by atoms with Gasteiger partial charge in [0.1, 0.15) is 28.5 Å². The predicted octanol–water partition coefficient (Wildman–Crippen LogP) is 12.9. The van der Waals surface area contributed by atoms with Gasteiger partial charge < -0.3 is 24.7 Å². The minimum absolute atomic E-state index is 0.0606. The van der Waals surface area contributed by atoms with Gasteiger partial charge in [-0.1, -0.05) is 121 Å². The van der Waals surface area contributed by atoms with E-state index >= 15 is 0 Å². The molecule has 8 aromatic rings. The Labute approximate surface area is 443 Å². The van der Waals surface area contributed by atoms with E-state index in [2.05, 4.69) is 51.4 Å². The highest BCUT2D eigenvalue weighted by atomic mass is 16.8. The van der Waals surface area contributed by atoms with Crippen LogP contribution >= 0.6 is 0 Å². The molecule has 76 heavy (non-hydrogen) atoms. The molecule has 0 aliphatic carbocycles. The summed E-state index contributed by atoms with van der Waals surface area (Å²) < 4.78 is 22.7. The smallest absolute Gasteiger partial charge is 0.444 e. The van der Waals surface area contributed by atoms with Crippen molar-refractivity contribution in [3.8, 4) is 0 Å². The fourth-order valence-corrected chi connectivity index (χ4v) is 8.22. The molecule has 0 bridgehead atoms. The van der Waals surface area contributed by atoms with Gasteiger partial charge in [-0.3, -0.25) is 24.0 Å². The molecule has 0 fully saturated rings. The van der Waals surface area contributed by atoms with Crippen LogP contribution in [0, 0.1) is 13.8 Å². The van der Waals surface area contributed by atoms with Crippen LogP contribution < -0.4 is 22.2 Å². The molecule has 8 rings (SSSR count). The Balaban J connectivity index is 0.000000199. The lowest BCUT2D eigenvalue weighted by molar-refractivity contribution is -0.0294. The molecule has 0 saturated carbocycles. The van der Waals surface area contributed by atoms with E-state index in [1.165, 1.54) is 5.56 Å². The van der Waals surface area contributed by atoms with E-state index in [1.807, 2.05) is 98.8 Å². The van der Waals surface area contributed by atoms with E-state index in [0.29, 0.717) is 57.7 Å². The normalized spacial score (nSPS) is 12.2. The number of nitrogen functional groups attached to an aromatic ring is 1. The van der Waals surface area contributed by atoms with Gasteiger partial charge in [0.15, 0.2) is 0 Å². The number of nitrogens with two attached hydrogens (primary N) is 1. The number of aryl methyl sites for hydroxylation is 2. The van der Waals surface area contributed by atoms with Crippen LogP contribution in [0.2, 0.25) is 0 Å². The zero-order chi connectivity index (χ0) is 55.4. The topological polar surface area (TPSA) is 196 Å². The summed E-state index contributed by atoms with van der Waals surface area (Å²) >= 11 is 0. The summed E-state index contributed by atoms with van der Waals surface area (Å²) in [4.78, 5) is 70.8. The molecule has 2 unspecified atom stereocenters. The SMILES string of the molecule is CC(C)(C)OC(=O)OC(=O)OC(C)(C)C.Cc1nc2ccc(N)cc2c(=O)n1C(Cc1ccccc1)c1ccccc1.Cc1nc2ccc(NC(=O)OC(C)(C)C)cc2c(=O)n1C(Cc1ccccc1)c1ccccc1. The van der Waals surface area contributed by atoms with Crippen LogP contribution in [-0.2, 0) is 31.8 Å². The molecular weight excluding hydrogens is 961 g/mol. The van der Waals surface area contributed by atoms with Crippen molar-refractivity contribution in [1.29, 1.82) is 0 Å². The summed E-state index contributed by atoms with van der Waals surface area (Å²) in [5.41, 5.74) is 10.4. The maximum absolute atomic E-state index is 13.8. The highest BCUT2D eigenvalue weighted by Crippen LogP contribution is 2.27. The minimum atomic E-state index is -1.06. The molecule has 0 saturated heterocycles. The van der Waals surface area contributed by atoms with Crippen LogP contribution in [0.1, 0.15) is 108 Å². The van der Waals surface area contributed by atoms with Crippen molar-refractivity contribution in [2.24, 2.45) is 0 Å². The lowest BCUT2D eigenvalue weighted by Crippen LogP contribution is -2.30. The minimum Gasteiger partial charge on any atom is -0.444 e. The number of carbonyl (C=O) groups is 3. The van der Waals surface area contributed by atoms with Crippen molar-refractivity contribution in [1.82, 2.24) is 19.1 Å². The predicted molar refractivity (Wildman–Crippen MR) is 299 cm³/mol. The molecule has 0 radical (unpaired) electrons. The molecule has 0 aliphatic heterocycles. The van der Waals surface area contributed by atoms with Gasteiger partial charge in [-0.2, -0.15) is 0 Å². The van der Waals surface area contributed by atoms with Gasteiger partial charge in [0.2, 0.25) is 0 Å². The second-order valence-electron chi connectivity index (χ2n) is 21.1. The summed E-state index contributed by atoms with van der Waals surface area (Å²) in [5, 5.41) is 3.70. The number of fused-ring (bicyclic) bond motifs is 2. The van der Waals surface area contributed by atoms with Crippen LogP contribution in [0.25, 0.3) is 21.8 Å². The number of nitrogens with zero attached hydrogens (tertiary/aromatic N) is 4. The number of anilines is 2. The number of benzene rings is 6. The van der Waals surface area contributed by atoms with Gasteiger partial charge >= 0.3 is 18.4 Å². The van der Waals surface area contributed by atoms with E-state index in [-0.39, 0.29) is 23.2 Å². The highest BCUT2D eigenvalue weighted by molar-refractivity contribution is 5.89. The van der Waals surface area contributed by atoms with Crippen molar-refractivity contribution in [2.75, 3.05) is 11.1 Å². The quantitative estimate of drug-likeness (QED) is 0.0602. The highest BCUT2D eigenvalue weighted by Gasteiger charge is 2.26. The number of amides is 1. The van der Waals surface area contributed by atoms with Gasteiger partial charge in [0.25, 0.3) is 11.1 Å². The summed E-state index contributed by atoms with van der Waals surface area (Å²) in [6, 6.07) is 50.5. The van der Waals surface area contributed by atoms with Crippen molar-refractivity contribution < 1.29 is 33.3 Å². The molecule has 15 heteroatoms. The summed E-state index contributed by atoms with van der Waals surface area (Å²) in [7, 11) is 0. The lowest BCUT2D eigenvalue weighted by atomic mass is 9.98. The third-order valence-corrected chi connectivity index (χ3v) is 11.3. The monoisotopic (exact) mass is 1030 g/mol. The Bertz CT molecular complexity index is 3350. The number of aromatic nitrogens is 4. The van der Waals surface area contributed by atoms with Crippen LogP contribution in [0.4, 0.5) is 25.8 Å². The number of carbonyl (C=O) groups excluding carboxylic acids is 3. The van der Waals surface area contributed by atoms with Gasteiger partial charge in [0.05, 0.1) is 33.9 Å². The first-order valence-corrected chi connectivity index (χ1v) is 25.0.